The zero-order valence-electron chi connectivity index (χ0n) is 18.4. The first-order valence-electron chi connectivity index (χ1n) is 10.9. The molecule has 29 heavy (non-hydrogen) atoms. The molecule has 1 aromatic carbocycles. The van der Waals surface area contributed by atoms with Gasteiger partial charge in [0.05, 0.1) is 11.1 Å². The summed E-state index contributed by atoms with van der Waals surface area (Å²) in [6, 6.07) is 3.75. The first kappa shape index (κ1) is 21.6. The van der Waals surface area contributed by atoms with Gasteiger partial charge in [-0.2, -0.15) is 0 Å². The molecule has 158 valence electrons. The molecule has 3 rings (SSSR count). The van der Waals surface area contributed by atoms with Gasteiger partial charge in [-0.05, 0) is 90.8 Å². The van der Waals surface area contributed by atoms with Gasteiger partial charge in [0.15, 0.2) is 5.78 Å². The molecule has 1 aromatic rings. The first-order chi connectivity index (χ1) is 13.9. The molecule has 0 amide bonds. The molecule has 0 N–H and O–H groups in total. The number of carbonyl (C=O) groups excluding carboxylic acids is 1. The summed E-state index contributed by atoms with van der Waals surface area (Å²) < 4.78 is 12.5. The van der Waals surface area contributed by atoms with Gasteiger partial charge < -0.3 is 9.47 Å². The molecule has 0 bridgehead atoms. The topological polar surface area (TPSA) is 38.8 Å². The molecule has 1 atom stereocenters. The van der Waals surface area contributed by atoms with Crippen LogP contribution in [0.1, 0.15) is 75.7 Å². The number of fused-ring (bicyclic) bond motifs is 1. The molecular formula is C25H35NO3. The average molecular weight is 398 g/mol. The number of allylic oxidation sites excluding steroid dienone is 2. The van der Waals surface area contributed by atoms with Crippen molar-refractivity contribution in [3.8, 4) is 11.5 Å². The van der Waals surface area contributed by atoms with Crippen LogP contribution in [-0.4, -0.2) is 42.5 Å². The number of rotatable bonds is 8. The van der Waals surface area contributed by atoms with E-state index in [2.05, 4.69) is 43.9 Å². The highest BCUT2D eigenvalue weighted by atomic mass is 16.5. The van der Waals surface area contributed by atoms with E-state index in [-0.39, 0.29) is 11.4 Å². The Morgan fingerprint density at radius 2 is 1.97 bits per heavy atom. The highest BCUT2D eigenvalue weighted by Crippen LogP contribution is 2.40. The van der Waals surface area contributed by atoms with Crippen molar-refractivity contribution in [1.29, 1.82) is 0 Å². The summed E-state index contributed by atoms with van der Waals surface area (Å²) in [5.74, 6) is 1.48. The monoisotopic (exact) mass is 397 g/mol. The van der Waals surface area contributed by atoms with Crippen LogP contribution in [0.4, 0.5) is 0 Å². The Hall–Kier alpha value is -2.07. The molecule has 0 aromatic heterocycles. The van der Waals surface area contributed by atoms with E-state index in [9.17, 15) is 4.79 Å². The predicted octanol–water partition coefficient (Wildman–Crippen LogP) is 5.66. The lowest BCUT2D eigenvalue weighted by molar-refractivity contribution is 0.101. The molecule has 0 radical (unpaired) electrons. The fourth-order valence-corrected chi connectivity index (χ4v) is 4.05. The van der Waals surface area contributed by atoms with E-state index >= 15 is 0 Å². The Labute approximate surface area is 175 Å². The minimum atomic E-state index is -0.345. The lowest BCUT2D eigenvalue weighted by Gasteiger charge is -2.32. The largest absolute Gasteiger partial charge is 0.491 e. The van der Waals surface area contributed by atoms with Gasteiger partial charge in [-0.1, -0.05) is 18.1 Å². The summed E-state index contributed by atoms with van der Waals surface area (Å²) in [6.45, 7) is 11.7. The van der Waals surface area contributed by atoms with Crippen LogP contribution in [-0.2, 0) is 0 Å². The zero-order valence-corrected chi connectivity index (χ0v) is 18.4. The third-order valence-electron chi connectivity index (χ3n) is 5.78. The maximum absolute atomic E-state index is 12.2. The summed E-state index contributed by atoms with van der Waals surface area (Å²) in [4.78, 5) is 14.6. The molecule has 0 saturated carbocycles. The van der Waals surface area contributed by atoms with Crippen LogP contribution >= 0.6 is 0 Å². The third kappa shape index (κ3) is 5.72. The van der Waals surface area contributed by atoms with E-state index in [0.29, 0.717) is 17.9 Å². The molecule has 1 fully saturated rings. The van der Waals surface area contributed by atoms with Gasteiger partial charge in [0, 0.05) is 6.54 Å². The lowest BCUT2D eigenvalue weighted by atomic mass is 9.93. The van der Waals surface area contributed by atoms with E-state index in [1.54, 1.807) is 6.92 Å². The number of hydrogen-bond acceptors (Lipinski definition) is 4. The molecule has 4 nitrogen and oxygen atoms in total. The number of carbonyl (C=O) groups is 1. The molecule has 4 heteroatoms. The van der Waals surface area contributed by atoms with Crippen molar-refractivity contribution in [3.05, 3.63) is 41.0 Å². The highest BCUT2D eigenvalue weighted by molar-refractivity contribution is 5.98. The predicted molar refractivity (Wildman–Crippen MR) is 119 cm³/mol. The molecule has 0 spiro atoms. The van der Waals surface area contributed by atoms with Gasteiger partial charge in [0.25, 0.3) is 0 Å². The normalized spacial score (nSPS) is 21.2. The Morgan fingerprint density at radius 3 is 2.66 bits per heavy atom. The molecular weight excluding hydrogens is 362 g/mol. The second-order valence-electron chi connectivity index (χ2n) is 8.73. The fourth-order valence-electron chi connectivity index (χ4n) is 4.05. The van der Waals surface area contributed by atoms with Crippen LogP contribution in [0.15, 0.2) is 29.9 Å². The molecule has 1 saturated heterocycles. The number of Topliss-reactive ketones (excluding diaryl/α,β-unsaturated/α-hetero) is 1. The number of piperidine rings is 1. The van der Waals surface area contributed by atoms with E-state index in [1.807, 2.05) is 12.1 Å². The summed E-state index contributed by atoms with van der Waals surface area (Å²) >= 11 is 0. The van der Waals surface area contributed by atoms with Crippen molar-refractivity contribution in [2.75, 3.05) is 26.2 Å². The van der Waals surface area contributed by atoms with Gasteiger partial charge in [-0.25, -0.2) is 0 Å². The Bertz CT molecular complexity index is 786. The van der Waals surface area contributed by atoms with E-state index < -0.39 is 0 Å². The van der Waals surface area contributed by atoms with Gasteiger partial charge in [0.1, 0.15) is 23.7 Å². The number of hydrogen-bond donors (Lipinski definition) is 0. The second-order valence-corrected chi connectivity index (χ2v) is 8.73. The van der Waals surface area contributed by atoms with Gasteiger partial charge in [0.2, 0.25) is 0 Å². The van der Waals surface area contributed by atoms with Crippen molar-refractivity contribution in [2.24, 2.45) is 0 Å². The van der Waals surface area contributed by atoms with Crippen LogP contribution in [0.5, 0.6) is 11.5 Å². The van der Waals surface area contributed by atoms with Crippen LogP contribution < -0.4 is 9.47 Å². The molecule has 2 aliphatic rings. The number of likely N-dealkylation sites (tertiary alicyclic amines) is 1. The Balaban J connectivity index is 1.75. The molecule has 2 aliphatic heterocycles. The number of ether oxygens (including phenoxy) is 2. The zero-order chi connectivity index (χ0) is 20.9. The number of benzene rings is 1. The maximum Gasteiger partial charge on any atom is 0.163 e. The third-order valence-corrected chi connectivity index (χ3v) is 5.78. The standard InChI is InChI=1S/C25H35NO3/c1-19(2)9-8-13-25(4)14-12-22-23(29-25)11-10-21(20(3)27)24(22)28-18-17-26-15-6-5-7-16-26/h9-12,14H,5-8,13,15-18H2,1-4H3. The molecule has 2 heterocycles. The molecule has 1 unspecified atom stereocenters. The summed E-state index contributed by atoms with van der Waals surface area (Å²) in [6.07, 6.45) is 12.2. The van der Waals surface area contributed by atoms with Gasteiger partial charge in [-0.15, -0.1) is 0 Å². The SMILES string of the molecule is CC(=O)c1ccc2c(c1OCCN1CCCCC1)C=CC(C)(CCC=C(C)C)O2. The minimum Gasteiger partial charge on any atom is -0.491 e. The van der Waals surface area contributed by atoms with Crippen molar-refractivity contribution in [3.63, 3.8) is 0 Å². The first-order valence-corrected chi connectivity index (χ1v) is 10.9. The average Bonchev–Trinajstić information content (AvgIpc) is 2.68. The molecule has 0 aliphatic carbocycles. The van der Waals surface area contributed by atoms with Crippen LogP contribution in [0, 0.1) is 0 Å². The van der Waals surface area contributed by atoms with Crippen LogP contribution in [0.3, 0.4) is 0 Å². The fraction of sp³-hybridized carbons (Fsp3) is 0.560. The van der Waals surface area contributed by atoms with Gasteiger partial charge in [-0.3, -0.25) is 9.69 Å². The van der Waals surface area contributed by atoms with E-state index in [0.717, 1.165) is 43.8 Å². The van der Waals surface area contributed by atoms with Crippen molar-refractivity contribution < 1.29 is 14.3 Å². The van der Waals surface area contributed by atoms with Crippen LogP contribution in [0.2, 0.25) is 0 Å². The van der Waals surface area contributed by atoms with Crippen molar-refractivity contribution in [1.82, 2.24) is 4.90 Å². The summed E-state index contributed by atoms with van der Waals surface area (Å²) in [7, 11) is 0. The van der Waals surface area contributed by atoms with E-state index in [1.165, 1.54) is 24.8 Å². The van der Waals surface area contributed by atoms with Crippen LogP contribution in [0.25, 0.3) is 6.08 Å². The second kappa shape index (κ2) is 9.62. The Morgan fingerprint density at radius 1 is 1.21 bits per heavy atom. The maximum atomic E-state index is 12.2. The highest BCUT2D eigenvalue weighted by Gasteiger charge is 2.29. The number of nitrogens with zero attached hydrogens (tertiary/aromatic N) is 1. The Kier molecular flexibility index (Phi) is 7.18. The smallest absolute Gasteiger partial charge is 0.163 e. The van der Waals surface area contributed by atoms with Crippen molar-refractivity contribution >= 4 is 11.9 Å². The van der Waals surface area contributed by atoms with E-state index in [4.69, 9.17) is 9.47 Å². The quantitative estimate of drug-likeness (QED) is 0.419. The summed E-state index contributed by atoms with van der Waals surface area (Å²) in [5, 5.41) is 0. The number of ketones is 1. The van der Waals surface area contributed by atoms with Gasteiger partial charge >= 0.3 is 0 Å². The summed E-state index contributed by atoms with van der Waals surface area (Å²) in [5.41, 5.74) is 2.49. The van der Waals surface area contributed by atoms with Crippen molar-refractivity contribution in [2.45, 2.75) is 65.4 Å². The minimum absolute atomic E-state index is 0.0195. The lowest BCUT2D eigenvalue weighted by Crippen LogP contribution is -2.33.